The van der Waals surface area contributed by atoms with E-state index in [4.69, 9.17) is 16.3 Å². The van der Waals surface area contributed by atoms with E-state index < -0.39 is 28.5 Å². The van der Waals surface area contributed by atoms with Crippen LogP contribution in [0.15, 0.2) is 102 Å². The van der Waals surface area contributed by atoms with Gasteiger partial charge in [-0.15, -0.1) is 0 Å². The molecule has 0 bridgehead atoms. The van der Waals surface area contributed by atoms with Crippen molar-refractivity contribution in [3.05, 3.63) is 124 Å². The highest BCUT2D eigenvalue weighted by atomic mass is 35.5. The minimum Gasteiger partial charge on any atom is -0.497 e. The highest BCUT2D eigenvalue weighted by Crippen LogP contribution is 2.30. The van der Waals surface area contributed by atoms with Crippen LogP contribution in [0.5, 0.6) is 5.75 Å². The number of sulfonamides is 1. The maximum Gasteiger partial charge on any atom is 0.264 e. The van der Waals surface area contributed by atoms with Crippen LogP contribution in [0.4, 0.5) is 5.69 Å². The van der Waals surface area contributed by atoms with Gasteiger partial charge in [-0.3, -0.25) is 13.9 Å². The number of aryl methyl sites for hydroxylation is 2. The predicted octanol–water partition coefficient (Wildman–Crippen LogP) is 6.33. The third-order valence-corrected chi connectivity index (χ3v) is 9.64. The average Bonchev–Trinajstić information content (AvgIpc) is 3.05. The van der Waals surface area contributed by atoms with E-state index >= 15 is 0 Å². The van der Waals surface area contributed by atoms with Crippen LogP contribution in [0.2, 0.25) is 5.02 Å². The van der Waals surface area contributed by atoms with E-state index in [1.54, 1.807) is 50.4 Å². The van der Waals surface area contributed by atoms with Crippen LogP contribution < -0.4 is 14.4 Å². The van der Waals surface area contributed by atoms with Crippen LogP contribution in [0.25, 0.3) is 0 Å². The summed E-state index contributed by atoms with van der Waals surface area (Å²) in [5.41, 5.74) is 3.37. The summed E-state index contributed by atoms with van der Waals surface area (Å²) in [6, 6.07) is 27.1. The van der Waals surface area contributed by atoms with Gasteiger partial charge in [0.1, 0.15) is 18.3 Å². The van der Waals surface area contributed by atoms with Crippen molar-refractivity contribution >= 4 is 39.1 Å². The van der Waals surface area contributed by atoms with E-state index in [2.05, 4.69) is 5.32 Å². The fraction of sp³-hybridized carbons (Fsp3) is 0.278. The second-order valence-electron chi connectivity index (χ2n) is 11.1. The molecule has 10 heteroatoms. The normalized spacial score (nSPS) is 11.8. The first-order chi connectivity index (χ1) is 22.0. The Morgan fingerprint density at radius 2 is 1.59 bits per heavy atom. The summed E-state index contributed by atoms with van der Waals surface area (Å²) in [5, 5.41) is 3.28. The van der Waals surface area contributed by atoms with Crippen molar-refractivity contribution in [3.63, 3.8) is 0 Å². The number of nitrogens with one attached hydrogen (secondary N) is 1. The minimum atomic E-state index is -4.23. The van der Waals surface area contributed by atoms with Gasteiger partial charge in [0.15, 0.2) is 0 Å². The second kappa shape index (κ2) is 15.8. The lowest BCUT2D eigenvalue weighted by Gasteiger charge is -2.34. The van der Waals surface area contributed by atoms with Crippen LogP contribution in [0.1, 0.15) is 35.6 Å². The number of methoxy groups -OCH3 is 1. The molecule has 0 aromatic heterocycles. The molecular formula is C36H40ClN3O5S. The predicted molar refractivity (Wildman–Crippen MR) is 183 cm³/mol. The molecule has 0 saturated heterocycles. The SMILES string of the molecule is CCCNC(=O)C(Cc1ccccc1)N(Cc1cccc(OC)c1)C(=O)CN(c1cc(Cl)ccc1C)S(=O)(=O)c1ccc(C)cc1. The van der Waals surface area contributed by atoms with E-state index in [9.17, 15) is 18.0 Å². The molecule has 0 spiro atoms. The number of hydrogen-bond donors (Lipinski definition) is 1. The number of carbonyl (C=O) groups excluding carboxylic acids is 2. The van der Waals surface area contributed by atoms with Crippen LogP contribution in [0.3, 0.4) is 0 Å². The molecule has 2 amide bonds. The molecule has 0 saturated carbocycles. The monoisotopic (exact) mass is 661 g/mol. The van der Waals surface area contributed by atoms with Gasteiger partial charge in [0.05, 0.1) is 17.7 Å². The Labute approximate surface area is 277 Å². The number of benzene rings is 4. The maximum atomic E-state index is 14.6. The Bertz CT molecular complexity index is 1750. The van der Waals surface area contributed by atoms with Crippen molar-refractivity contribution < 1.29 is 22.7 Å². The van der Waals surface area contributed by atoms with E-state index in [0.29, 0.717) is 29.3 Å². The molecule has 1 unspecified atom stereocenters. The van der Waals surface area contributed by atoms with Gasteiger partial charge in [-0.05, 0) is 73.4 Å². The molecule has 46 heavy (non-hydrogen) atoms. The molecule has 1 atom stereocenters. The summed E-state index contributed by atoms with van der Waals surface area (Å²) in [4.78, 5) is 29.9. The number of hydrogen-bond acceptors (Lipinski definition) is 5. The highest BCUT2D eigenvalue weighted by Gasteiger charge is 2.35. The standard InChI is InChI=1S/C36H40ClN3O5S/c1-5-20-38-36(42)34(22-28-10-7-6-8-11-28)39(24-29-12-9-13-31(21-29)45-4)35(41)25-40(33-23-30(37)17-16-27(33)3)46(43,44)32-18-14-26(2)15-19-32/h6-19,21,23,34H,5,20,22,24-25H2,1-4H3,(H,38,42). The summed E-state index contributed by atoms with van der Waals surface area (Å²) in [6.07, 6.45) is 0.942. The zero-order valence-corrected chi connectivity index (χ0v) is 28.1. The summed E-state index contributed by atoms with van der Waals surface area (Å²) in [6.45, 7) is 5.49. The van der Waals surface area contributed by atoms with Crippen LogP contribution in [-0.4, -0.2) is 51.4 Å². The highest BCUT2D eigenvalue weighted by molar-refractivity contribution is 7.92. The number of anilines is 1. The first kappa shape index (κ1) is 34.5. The number of rotatable bonds is 14. The molecule has 242 valence electrons. The lowest BCUT2D eigenvalue weighted by molar-refractivity contribution is -0.140. The Morgan fingerprint density at radius 3 is 2.26 bits per heavy atom. The van der Waals surface area contributed by atoms with Gasteiger partial charge in [0.2, 0.25) is 11.8 Å². The molecule has 0 aliphatic heterocycles. The minimum absolute atomic E-state index is 0.0335. The summed E-state index contributed by atoms with van der Waals surface area (Å²) in [5.74, 6) is -0.280. The van der Waals surface area contributed by atoms with Crippen molar-refractivity contribution in [2.75, 3.05) is 24.5 Å². The fourth-order valence-electron chi connectivity index (χ4n) is 5.09. The molecule has 8 nitrogen and oxygen atoms in total. The van der Waals surface area contributed by atoms with E-state index in [0.717, 1.165) is 21.0 Å². The van der Waals surface area contributed by atoms with Gasteiger partial charge in [-0.2, -0.15) is 0 Å². The maximum absolute atomic E-state index is 14.6. The molecule has 0 fully saturated rings. The molecule has 0 aliphatic rings. The van der Waals surface area contributed by atoms with Gasteiger partial charge in [-0.25, -0.2) is 8.42 Å². The second-order valence-corrected chi connectivity index (χ2v) is 13.4. The largest absolute Gasteiger partial charge is 0.497 e. The zero-order chi connectivity index (χ0) is 33.3. The Balaban J connectivity index is 1.83. The molecule has 0 radical (unpaired) electrons. The molecular weight excluding hydrogens is 622 g/mol. The first-order valence-electron chi connectivity index (χ1n) is 15.1. The fourth-order valence-corrected chi connectivity index (χ4v) is 6.73. The van der Waals surface area contributed by atoms with Crippen molar-refractivity contribution in [2.24, 2.45) is 0 Å². The van der Waals surface area contributed by atoms with E-state index in [-0.39, 0.29) is 29.5 Å². The summed E-state index contributed by atoms with van der Waals surface area (Å²) < 4.78 is 35.0. The molecule has 0 heterocycles. The van der Waals surface area contributed by atoms with Crippen LogP contribution in [-0.2, 0) is 32.6 Å². The molecule has 4 rings (SSSR count). The smallest absolute Gasteiger partial charge is 0.264 e. The molecule has 4 aromatic carbocycles. The quantitative estimate of drug-likeness (QED) is 0.171. The van der Waals surface area contributed by atoms with Crippen LogP contribution in [0, 0.1) is 13.8 Å². The topological polar surface area (TPSA) is 96.0 Å². The van der Waals surface area contributed by atoms with Gasteiger partial charge in [0, 0.05) is 24.5 Å². The Kier molecular flexibility index (Phi) is 11.8. The van der Waals surface area contributed by atoms with Crippen molar-refractivity contribution in [2.45, 2.75) is 51.1 Å². The molecule has 0 aliphatic carbocycles. The van der Waals surface area contributed by atoms with Gasteiger partial charge in [0.25, 0.3) is 10.0 Å². The number of ether oxygens (including phenoxy) is 1. The Morgan fingerprint density at radius 1 is 0.891 bits per heavy atom. The number of halogens is 1. The zero-order valence-electron chi connectivity index (χ0n) is 26.6. The lowest BCUT2D eigenvalue weighted by atomic mass is 10.0. The molecule has 1 N–H and O–H groups in total. The first-order valence-corrected chi connectivity index (χ1v) is 16.9. The Hall–Kier alpha value is -4.34. The average molecular weight is 662 g/mol. The van der Waals surface area contributed by atoms with Crippen molar-refractivity contribution in [3.8, 4) is 5.75 Å². The number of amides is 2. The third-order valence-electron chi connectivity index (χ3n) is 7.64. The molecule has 4 aromatic rings. The summed E-state index contributed by atoms with van der Waals surface area (Å²) in [7, 11) is -2.68. The van der Waals surface area contributed by atoms with E-state index in [1.807, 2.05) is 56.3 Å². The van der Waals surface area contributed by atoms with Gasteiger partial charge < -0.3 is 15.0 Å². The third kappa shape index (κ3) is 8.68. The lowest BCUT2D eigenvalue weighted by Crippen LogP contribution is -2.53. The summed E-state index contributed by atoms with van der Waals surface area (Å²) >= 11 is 6.36. The van der Waals surface area contributed by atoms with E-state index in [1.165, 1.54) is 23.1 Å². The number of nitrogens with zero attached hydrogens (tertiary/aromatic N) is 2. The number of carbonyl (C=O) groups is 2. The van der Waals surface area contributed by atoms with Gasteiger partial charge in [-0.1, -0.05) is 84.8 Å². The van der Waals surface area contributed by atoms with Crippen LogP contribution >= 0.6 is 11.6 Å². The van der Waals surface area contributed by atoms with Gasteiger partial charge >= 0.3 is 0 Å². The van der Waals surface area contributed by atoms with Crippen molar-refractivity contribution in [1.82, 2.24) is 10.2 Å². The van der Waals surface area contributed by atoms with Crippen molar-refractivity contribution in [1.29, 1.82) is 0 Å².